The number of aromatic nitrogens is 2. The normalized spacial score (nSPS) is 13.1. The Balaban J connectivity index is 0.000000293. The van der Waals surface area contributed by atoms with Crippen LogP contribution in [-0.2, 0) is 0 Å². The summed E-state index contributed by atoms with van der Waals surface area (Å²) in [5, 5.41) is 0. The molecule has 3 heterocycles. The fourth-order valence-electron chi connectivity index (χ4n) is 3.26. The predicted molar refractivity (Wildman–Crippen MR) is 133 cm³/mol. The molecule has 0 saturated carbocycles. The van der Waals surface area contributed by atoms with Gasteiger partial charge in [0.2, 0.25) is 0 Å². The summed E-state index contributed by atoms with van der Waals surface area (Å²) in [5.74, 6) is 1.58. The first-order valence-electron chi connectivity index (χ1n) is 10.9. The van der Waals surface area contributed by atoms with Crippen molar-refractivity contribution in [1.29, 1.82) is 0 Å². The largest absolute Gasteiger partial charge is 0.415 e. The van der Waals surface area contributed by atoms with Gasteiger partial charge in [-0.2, -0.15) is 0 Å². The molecule has 0 radical (unpaired) electrons. The number of rotatable bonds is 2. The highest BCUT2D eigenvalue weighted by molar-refractivity contribution is 5.73. The highest BCUT2D eigenvalue weighted by Gasteiger charge is 2.25. The molecule has 1 fully saturated rings. The molecule has 3 aromatic rings. The van der Waals surface area contributed by atoms with Crippen molar-refractivity contribution >= 4 is 29.1 Å². The van der Waals surface area contributed by atoms with Gasteiger partial charge in [0.05, 0.1) is 11.4 Å². The Morgan fingerprint density at radius 2 is 1.55 bits per heavy atom. The Morgan fingerprint density at radius 3 is 2.12 bits per heavy atom. The molecule has 9 nitrogen and oxygen atoms in total. The molecule has 0 bridgehead atoms. The van der Waals surface area contributed by atoms with Crippen LogP contribution in [0.2, 0.25) is 0 Å². The Bertz CT molecular complexity index is 1010. The Morgan fingerprint density at radius 1 is 0.909 bits per heavy atom. The highest BCUT2D eigenvalue weighted by atomic mass is 16.6. The number of pyridine rings is 2. The monoisotopic (exact) mass is 451 g/mol. The zero-order chi connectivity index (χ0) is 24.2. The van der Waals surface area contributed by atoms with E-state index in [2.05, 4.69) is 9.97 Å². The maximum Gasteiger partial charge on any atom is 0.415 e. The number of nitrogens with two attached hydrogens (primary N) is 4. The molecular weight excluding hydrogens is 418 g/mol. The SMILES string of the molecule is CC.Nc1ccc(N)c(N)n1.Nc1ccccc1OC(=O)N1CCC(c2ccncc2)CC1. The zero-order valence-electron chi connectivity index (χ0n) is 19.1. The van der Waals surface area contributed by atoms with Crippen molar-refractivity contribution in [3.8, 4) is 5.75 Å². The van der Waals surface area contributed by atoms with Gasteiger partial charge in [-0.15, -0.1) is 0 Å². The summed E-state index contributed by atoms with van der Waals surface area (Å²) < 4.78 is 5.38. The van der Waals surface area contributed by atoms with E-state index in [-0.39, 0.29) is 11.9 Å². The standard InChI is InChI=1S/C17H19N3O2.C5H8N4.C2H6/c18-15-3-1-2-4-16(15)22-17(21)20-11-7-14(8-12-20)13-5-9-19-10-6-13;6-3-1-2-4(7)9-5(3)8;1-2/h1-6,9-10,14H,7-8,11-12,18H2;1-2H,6H2,(H4,7,8,9);1-2H3. The molecule has 1 aromatic carbocycles. The number of anilines is 4. The lowest BCUT2D eigenvalue weighted by Crippen LogP contribution is -2.39. The van der Waals surface area contributed by atoms with Crippen LogP contribution in [0.5, 0.6) is 5.75 Å². The van der Waals surface area contributed by atoms with Gasteiger partial charge in [0.1, 0.15) is 11.6 Å². The number of ether oxygens (including phenoxy) is 1. The smallest absolute Gasteiger partial charge is 0.408 e. The van der Waals surface area contributed by atoms with E-state index in [4.69, 9.17) is 27.7 Å². The number of hydrogen-bond acceptors (Lipinski definition) is 8. The minimum absolute atomic E-state index is 0.287. The summed E-state index contributed by atoms with van der Waals surface area (Å²) >= 11 is 0. The first-order chi connectivity index (χ1) is 15.9. The molecule has 0 unspecified atom stereocenters. The molecule has 176 valence electrons. The number of benzene rings is 1. The van der Waals surface area contributed by atoms with Gasteiger partial charge in [-0.25, -0.2) is 9.78 Å². The third-order valence-electron chi connectivity index (χ3n) is 5.03. The van der Waals surface area contributed by atoms with Crippen LogP contribution in [0.3, 0.4) is 0 Å². The molecule has 9 heteroatoms. The average molecular weight is 452 g/mol. The van der Waals surface area contributed by atoms with Gasteiger partial charge in [-0.1, -0.05) is 26.0 Å². The number of likely N-dealkylation sites (tertiary alicyclic amines) is 1. The fraction of sp³-hybridized carbons (Fsp3) is 0.292. The van der Waals surface area contributed by atoms with Crippen molar-refractivity contribution in [2.75, 3.05) is 36.0 Å². The Hall–Kier alpha value is -4.01. The summed E-state index contributed by atoms with van der Waals surface area (Å²) in [6.45, 7) is 5.39. The molecule has 1 aliphatic heterocycles. The summed E-state index contributed by atoms with van der Waals surface area (Å²) in [4.78, 5) is 21.7. The number of nitrogen functional groups attached to an aromatic ring is 4. The number of carbonyl (C=O) groups excluding carboxylic acids is 1. The van der Waals surface area contributed by atoms with E-state index in [1.165, 1.54) is 5.56 Å². The summed E-state index contributed by atoms with van der Waals surface area (Å²) in [6.07, 6.45) is 5.17. The average Bonchev–Trinajstić information content (AvgIpc) is 2.85. The lowest BCUT2D eigenvalue weighted by molar-refractivity contribution is 0.139. The molecule has 1 saturated heterocycles. The Labute approximate surface area is 194 Å². The van der Waals surface area contributed by atoms with E-state index in [1.54, 1.807) is 35.2 Å². The van der Waals surface area contributed by atoms with Crippen LogP contribution < -0.4 is 27.7 Å². The van der Waals surface area contributed by atoms with Crippen molar-refractivity contribution in [3.05, 3.63) is 66.5 Å². The zero-order valence-corrected chi connectivity index (χ0v) is 19.1. The second kappa shape index (κ2) is 12.7. The number of nitrogens with zero attached hydrogens (tertiary/aromatic N) is 3. The first kappa shape index (κ1) is 25.3. The number of carbonyl (C=O) groups is 1. The third kappa shape index (κ3) is 7.57. The van der Waals surface area contributed by atoms with Gasteiger partial charge < -0.3 is 32.6 Å². The minimum atomic E-state index is -0.328. The van der Waals surface area contributed by atoms with E-state index in [0.29, 0.717) is 41.9 Å². The van der Waals surface area contributed by atoms with Gasteiger partial charge in [0.25, 0.3) is 0 Å². The highest BCUT2D eigenvalue weighted by Crippen LogP contribution is 2.28. The van der Waals surface area contributed by atoms with Crippen molar-refractivity contribution in [2.24, 2.45) is 0 Å². The third-order valence-corrected chi connectivity index (χ3v) is 5.03. The van der Waals surface area contributed by atoms with Crippen LogP contribution in [0, 0.1) is 0 Å². The van der Waals surface area contributed by atoms with Gasteiger partial charge >= 0.3 is 6.09 Å². The van der Waals surface area contributed by atoms with Gasteiger partial charge in [0.15, 0.2) is 5.75 Å². The second-order valence-corrected chi connectivity index (χ2v) is 7.16. The van der Waals surface area contributed by atoms with Gasteiger partial charge in [-0.3, -0.25) is 4.98 Å². The number of hydrogen-bond donors (Lipinski definition) is 4. The second-order valence-electron chi connectivity index (χ2n) is 7.16. The number of amides is 1. The topological polar surface area (TPSA) is 159 Å². The van der Waals surface area contributed by atoms with E-state index >= 15 is 0 Å². The fourth-order valence-corrected chi connectivity index (χ4v) is 3.26. The molecule has 0 atom stereocenters. The van der Waals surface area contributed by atoms with Crippen LogP contribution in [0.15, 0.2) is 60.9 Å². The van der Waals surface area contributed by atoms with E-state index < -0.39 is 0 Å². The molecule has 33 heavy (non-hydrogen) atoms. The lowest BCUT2D eigenvalue weighted by Gasteiger charge is -2.31. The van der Waals surface area contributed by atoms with Crippen LogP contribution in [0.25, 0.3) is 0 Å². The maximum absolute atomic E-state index is 12.2. The van der Waals surface area contributed by atoms with Crippen molar-refractivity contribution < 1.29 is 9.53 Å². The van der Waals surface area contributed by atoms with Gasteiger partial charge in [0, 0.05) is 25.5 Å². The molecular formula is C24H33N7O2. The summed E-state index contributed by atoms with van der Waals surface area (Å²) in [7, 11) is 0. The minimum Gasteiger partial charge on any atom is -0.408 e. The molecule has 8 N–H and O–H groups in total. The van der Waals surface area contributed by atoms with Crippen LogP contribution in [0.4, 0.5) is 27.8 Å². The number of para-hydroxylation sites is 2. The quantitative estimate of drug-likeness (QED) is 0.427. The Kier molecular flexibility index (Phi) is 9.76. The molecule has 0 aliphatic carbocycles. The van der Waals surface area contributed by atoms with Crippen molar-refractivity contribution in [2.45, 2.75) is 32.6 Å². The van der Waals surface area contributed by atoms with Crippen LogP contribution in [0.1, 0.15) is 38.2 Å². The van der Waals surface area contributed by atoms with E-state index in [0.717, 1.165) is 12.8 Å². The molecule has 4 rings (SSSR count). The summed E-state index contributed by atoms with van der Waals surface area (Å²) in [5.41, 5.74) is 23.9. The van der Waals surface area contributed by atoms with Crippen molar-refractivity contribution in [3.63, 3.8) is 0 Å². The van der Waals surface area contributed by atoms with E-state index in [9.17, 15) is 4.79 Å². The summed E-state index contributed by atoms with van der Waals surface area (Å²) in [6, 6.07) is 14.4. The van der Waals surface area contributed by atoms with Crippen molar-refractivity contribution in [1.82, 2.24) is 14.9 Å². The number of piperidine rings is 1. The van der Waals surface area contributed by atoms with Crippen LogP contribution in [-0.4, -0.2) is 34.1 Å². The van der Waals surface area contributed by atoms with Gasteiger partial charge in [-0.05, 0) is 60.7 Å². The van der Waals surface area contributed by atoms with E-state index in [1.807, 2.05) is 44.4 Å². The first-order valence-corrected chi connectivity index (χ1v) is 10.9. The molecule has 2 aromatic heterocycles. The maximum atomic E-state index is 12.2. The lowest BCUT2D eigenvalue weighted by atomic mass is 9.90. The molecule has 1 amide bonds. The molecule has 0 spiro atoms. The van der Waals surface area contributed by atoms with Crippen LogP contribution >= 0.6 is 0 Å². The predicted octanol–water partition coefficient (Wildman–Crippen LogP) is 3.90. The molecule has 1 aliphatic rings.